The summed E-state index contributed by atoms with van der Waals surface area (Å²) in [7, 11) is 3.67. The van der Waals surface area contributed by atoms with E-state index in [4.69, 9.17) is 0 Å². The lowest BCUT2D eigenvalue weighted by Gasteiger charge is -2.20. The number of amides is 1. The van der Waals surface area contributed by atoms with Crippen molar-refractivity contribution in [3.05, 3.63) is 0 Å². The molecule has 0 saturated carbocycles. The molecule has 0 aliphatic carbocycles. The molecule has 4 heteroatoms. The van der Waals surface area contributed by atoms with Gasteiger partial charge in [-0.1, -0.05) is 7.43 Å². The maximum atomic E-state index is 11.1. The normalized spacial score (nSPS) is 16.5. The van der Waals surface area contributed by atoms with Crippen LogP contribution >= 0.6 is 0 Å². The lowest BCUT2D eigenvalue weighted by Crippen LogP contribution is -2.37. The Hall–Kier alpha value is -0.610. The Bertz CT molecular complexity index is 179. The van der Waals surface area contributed by atoms with Crippen LogP contribution < -0.4 is 5.32 Å². The van der Waals surface area contributed by atoms with Crippen molar-refractivity contribution in [2.45, 2.75) is 20.3 Å². The number of nitrogens with zero attached hydrogens (tertiary/aromatic N) is 2. The van der Waals surface area contributed by atoms with E-state index in [1.54, 1.807) is 7.05 Å². The lowest BCUT2D eigenvalue weighted by molar-refractivity contribution is -0.121. The van der Waals surface area contributed by atoms with Gasteiger partial charge >= 0.3 is 0 Å². The highest BCUT2D eigenvalue weighted by atomic mass is 16.1. The molecule has 0 atom stereocenters. The minimum absolute atomic E-state index is 0. The zero-order valence-electron chi connectivity index (χ0n) is 9.25. The molecule has 1 aliphatic heterocycles. The monoisotopic (exact) mass is 215 g/mol. The molecule has 1 fully saturated rings. The summed E-state index contributed by atoms with van der Waals surface area (Å²) < 4.78 is 0. The van der Waals surface area contributed by atoms with E-state index < -0.39 is 0 Å². The number of nitrogens with one attached hydrogen (secondary N) is 1. The smallest absolute Gasteiger partial charge is 0.233 e. The maximum absolute atomic E-state index is 11.1. The van der Waals surface area contributed by atoms with Gasteiger partial charge in [0, 0.05) is 20.1 Å². The number of rotatable bonds is 5. The van der Waals surface area contributed by atoms with E-state index in [1.165, 1.54) is 25.9 Å². The molecule has 15 heavy (non-hydrogen) atoms. The Morgan fingerprint density at radius 1 is 1.40 bits per heavy atom. The zero-order chi connectivity index (χ0) is 10.4. The van der Waals surface area contributed by atoms with Crippen LogP contribution in [0.3, 0.4) is 0 Å². The van der Waals surface area contributed by atoms with Crippen LogP contribution in [0.1, 0.15) is 20.3 Å². The molecule has 0 unspecified atom stereocenters. The molecule has 1 amide bonds. The first kappa shape index (κ1) is 14.4. The first-order valence-electron chi connectivity index (χ1n) is 5.34. The van der Waals surface area contributed by atoms with Crippen molar-refractivity contribution in [3.8, 4) is 0 Å². The van der Waals surface area contributed by atoms with Crippen molar-refractivity contribution < 1.29 is 4.79 Å². The fraction of sp³-hybridized carbons (Fsp3) is 0.909. The summed E-state index contributed by atoms with van der Waals surface area (Å²) in [4.78, 5) is 15.6. The summed E-state index contributed by atoms with van der Waals surface area (Å²) in [6.07, 6.45) is 2.67. The van der Waals surface area contributed by atoms with Crippen molar-refractivity contribution in [3.63, 3.8) is 0 Å². The molecule has 0 bridgehead atoms. The summed E-state index contributed by atoms with van der Waals surface area (Å²) in [6, 6.07) is 0. The van der Waals surface area contributed by atoms with Crippen LogP contribution in [0.5, 0.6) is 0 Å². The van der Waals surface area contributed by atoms with Crippen molar-refractivity contribution in [2.24, 2.45) is 0 Å². The summed E-state index contributed by atoms with van der Waals surface area (Å²) in [5.41, 5.74) is 0. The van der Waals surface area contributed by atoms with Crippen molar-refractivity contribution in [1.29, 1.82) is 0 Å². The minimum Gasteiger partial charge on any atom is -0.358 e. The van der Waals surface area contributed by atoms with E-state index >= 15 is 0 Å². The molecule has 1 aliphatic rings. The molecule has 0 radical (unpaired) electrons. The fourth-order valence-electron chi connectivity index (χ4n) is 1.72. The van der Waals surface area contributed by atoms with Gasteiger partial charge in [-0.3, -0.25) is 9.69 Å². The van der Waals surface area contributed by atoms with E-state index in [9.17, 15) is 4.79 Å². The number of likely N-dealkylation sites (N-methyl/N-ethyl adjacent to an activating group) is 2. The van der Waals surface area contributed by atoms with Gasteiger partial charge in [0.1, 0.15) is 0 Å². The first-order valence-corrected chi connectivity index (χ1v) is 5.34. The van der Waals surface area contributed by atoms with Crippen LogP contribution in [-0.2, 0) is 4.79 Å². The SMILES string of the molecule is C.CNC(=O)CN(C)CCN1CCCC1. The Balaban J connectivity index is 0.00000196. The fourth-order valence-corrected chi connectivity index (χ4v) is 1.72. The van der Waals surface area contributed by atoms with Gasteiger partial charge in [0.2, 0.25) is 5.91 Å². The number of carbonyl (C=O) groups is 1. The third-order valence-electron chi connectivity index (χ3n) is 2.69. The topological polar surface area (TPSA) is 35.6 Å². The molecule has 4 nitrogen and oxygen atoms in total. The largest absolute Gasteiger partial charge is 0.358 e. The highest BCUT2D eigenvalue weighted by Crippen LogP contribution is 2.06. The van der Waals surface area contributed by atoms with Gasteiger partial charge in [-0.15, -0.1) is 0 Å². The Morgan fingerprint density at radius 3 is 2.53 bits per heavy atom. The summed E-state index contributed by atoms with van der Waals surface area (Å²) >= 11 is 0. The van der Waals surface area contributed by atoms with Crippen LogP contribution in [-0.4, -0.2) is 62.5 Å². The number of carbonyl (C=O) groups excluding carboxylic acids is 1. The molecule has 1 rings (SSSR count). The predicted molar refractivity (Wildman–Crippen MR) is 64.0 cm³/mol. The number of hydrogen-bond donors (Lipinski definition) is 1. The molecule has 0 aromatic carbocycles. The van der Waals surface area contributed by atoms with Crippen LogP contribution in [0.25, 0.3) is 0 Å². The molecule has 0 aromatic rings. The predicted octanol–water partition coefficient (Wildman–Crippen LogP) is 0.396. The highest BCUT2D eigenvalue weighted by Gasteiger charge is 2.12. The van der Waals surface area contributed by atoms with Gasteiger partial charge in [-0.2, -0.15) is 0 Å². The molecule has 1 heterocycles. The lowest BCUT2D eigenvalue weighted by atomic mass is 10.4. The summed E-state index contributed by atoms with van der Waals surface area (Å²) in [6.45, 7) is 5.03. The number of likely N-dealkylation sites (tertiary alicyclic amines) is 1. The molecule has 0 spiro atoms. The zero-order valence-corrected chi connectivity index (χ0v) is 9.25. The van der Waals surface area contributed by atoms with Crippen LogP contribution in [0.4, 0.5) is 0 Å². The second-order valence-electron chi connectivity index (χ2n) is 3.96. The van der Waals surface area contributed by atoms with Gasteiger partial charge < -0.3 is 10.2 Å². The van der Waals surface area contributed by atoms with Crippen molar-refractivity contribution >= 4 is 5.91 Å². The average Bonchev–Trinajstić information content (AvgIpc) is 2.67. The van der Waals surface area contributed by atoms with Gasteiger partial charge in [0.25, 0.3) is 0 Å². The summed E-state index contributed by atoms with van der Waals surface area (Å²) in [5, 5.41) is 2.63. The Labute approximate surface area is 93.6 Å². The van der Waals surface area contributed by atoms with Crippen LogP contribution in [0.15, 0.2) is 0 Å². The van der Waals surface area contributed by atoms with Crippen LogP contribution in [0.2, 0.25) is 0 Å². The second kappa shape index (κ2) is 7.65. The maximum Gasteiger partial charge on any atom is 0.233 e. The van der Waals surface area contributed by atoms with Gasteiger partial charge in [0.15, 0.2) is 0 Å². The third-order valence-corrected chi connectivity index (χ3v) is 2.69. The average molecular weight is 215 g/mol. The van der Waals surface area contributed by atoms with Gasteiger partial charge in [-0.25, -0.2) is 0 Å². The standard InChI is InChI=1S/C10H21N3O.CH4/c1-11-10(14)9-12(2)7-8-13-5-3-4-6-13;/h3-9H2,1-2H3,(H,11,14);1H4. The molecule has 1 saturated heterocycles. The third kappa shape index (κ3) is 5.74. The van der Waals surface area contributed by atoms with E-state index in [2.05, 4.69) is 15.1 Å². The van der Waals surface area contributed by atoms with E-state index in [1.807, 2.05) is 7.05 Å². The van der Waals surface area contributed by atoms with E-state index in [0.29, 0.717) is 6.54 Å². The molecule has 1 N–H and O–H groups in total. The van der Waals surface area contributed by atoms with E-state index in [-0.39, 0.29) is 13.3 Å². The quantitative estimate of drug-likeness (QED) is 0.721. The molecular weight excluding hydrogens is 190 g/mol. The van der Waals surface area contributed by atoms with E-state index in [0.717, 1.165) is 13.1 Å². The Morgan fingerprint density at radius 2 is 2.00 bits per heavy atom. The first-order chi connectivity index (χ1) is 6.72. The van der Waals surface area contributed by atoms with Crippen LogP contribution in [0, 0.1) is 0 Å². The van der Waals surface area contributed by atoms with Crippen molar-refractivity contribution in [1.82, 2.24) is 15.1 Å². The highest BCUT2D eigenvalue weighted by molar-refractivity contribution is 5.77. The number of hydrogen-bond acceptors (Lipinski definition) is 3. The summed E-state index contributed by atoms with van der Waals surface area (Å²) in [5.74, 6) is 0.0916. The second-order valence-corrected chi connectivity index (χ2v) is 3.96. The molecular formula is C11H25N3O. The Kier molecular flexibility index (Phi) is 7.34. The van der Waals surface area contributed by atoms with Gasteiger partial charge in [0.05, 0.1) is 6.54 Å². The van der Waals surface area contributed by atoms with Crippen molar-refractivity contribution in [2.75, 3.05) is 46.8 Å². The molecule has 90 valence electrons. The minimum atomic E-state index is 0. The molecule has 0 aromatic heterocycles. The van der Waals surface area contributed by atoms with Gasteiger partial charge in [-0.05, 0) is 33.0 Å².